The number of likely N-dealkylation sites (tertiary alicyclic amines) is 1. The minimum Gasteiger partial charge on any atom is -0.464 e. The molecule has 1 aliphatic heterocycles. The maximum Gasteiger partial charge on any atom is 0.263 e. The van der Waals surface area contributed by atoms with Crippen molar-refractivity contribution in [3.63, 3.8) is 0 Å². The molecule has 4 rings (SSSR count). The molecule has 1 atom stereocenters. The van der Waals surface area contributed by atoms with Crippen LogP contribution in [-0.2, 0) is 11.8 Å². The highest BCUT2D eigenvalue weighted by atomic mass is 16.5. The Hall–Kier alpha value is -2.89. The van der Waals surface area contributed by atoms with Crippen LogP contribution in [0.5, 0.6) is 5.88 Å². The molecule has 6 heteroatoms. The highest BCUT2D eigenvalue weighted by Gasteiger charge is 2.24. The van der Waals surface area contributed by atoms with Crippen LogP contribution >= 0.6 is 0 Å². The first-order chi connectivity index (χ1) is 14.0. The predicted molar refractivity (Wildman–Crippen MR) is 114 cm³/mol. The standard InChI is InChI=1S/C23H28N4O2/c1-16-21-19(18-11-7-6-8-12-18)15-20(24-22(21)26(3)25-16)29-17(2)23(28)27-13-9-4-5-10-14-27/h6-8,11-12,15,17H,4-5,9-10,13-14H2,1-3H3/t17-/m0/s1. The molecule has 1 aromatic carbocycles. The SMILES string of the molecule is Cc1nn(C)c2nc(O[C@@H](C)C(=O)N3CCCCCC3)cc(-c3ccccc3)c12. The van der Waals surface area contributed by atoms with Crippen molar-refractivity contribution < 1.29 is 9.53 Å². The van der Waals surface area contributed by atoms with Crippen molar-refractivity contribution in [1.82, 2.24) is 19.7 Å². The number of carbonyl (C=O) groups excluding carboxylic acids is 1. The largest absolute Gasteiger partial charge is 0.464 e. The van der Waals surface area contributed by atoms with Gasteiger partial charge in [0.1, 0.15) is 0 Å². The van der Waals surface area contributed by atoms with E-state index in [4.69, 9.17) is 4.74 Å². The molecule has 0 spiro atoms. The van der Waals surface area contributed by atoms with Gasteiger partial charge < -0.3 is 9.64 Å². The summed E-state index contributed by atoms with van der Waals surface area (Å²) in [6.07, 6.45) is 3.94. The summed E-state index contributed by atoms with van der Waals surface area (Å²) in [4.78, 5) is 19.5. The zero-order chi connectivity index (χ0) is 20.4. The van der Waals surface area contributed by atoms with E-state index in [1.807, 2.05) is 50.1 Å². The van der Waals surface area contributed by atoms with Crippen LogP contribution in [0.4, 0.5) is 0 Å². The number of fused-ring (bicyclic) bond motifs is 1. The fourth-order valence-corrected chi connectivity index (χ4v) is 4.11. The highest BCUT2D eigenvalue weighted by Crippen LogP contribution is 2.33. The van der Waals surface area contributed by atoms with Crippen LogP contribution in [0.3, 0.4) is 0 Å². The Kier molecular flexibility index (Phi) is 5.51. The van der Waals surface area contributed by atoms with E-state index in [2.05, 4.69) is 22.2 Å². The van der Waals surface area contributed by atoms with Crippen LogP contribution in [0.1, 0.15) is 38.3 Å². The van der Waals surface area contributed by atoms with E-state index in [9.17, 15) is 4.79 Å². The fraction of sp³-hybridized carbons (Fsp3) is 0.435. The Morgan fingerprint density at radius 3 is 2.48 bits per heavy atom. The van der Waals surface area contributed by atoms with Gasteiger partial charge in [-0.15, -0.1) is 0 Å². The molecular weight excluding hydrogens is 364 g/mol. The van der Waals surface area contributed by atoms with Crippen molar-refractivity contribution in [3.8, 4) is 17.0 Å². The van der Waals surface area contributed by atoms with Gasteiger partial charge in [-0.2, -0.15) is 10.1 Å². The molecule has 0 N–H and O–H groups in total. The van der Waals surface area contributed by atoms with Gasteiger partial charge in [-0.3, -0.25) is 9.48 Å². The molecule has 0 aliphatic carbocycles. The van der Waals surface area contributed by atoms with E-state index < -0.39 is 6.10 Å². The second kappa shape index (κ2) is 8.23. The van der Waals surface area contributed by atoms with E-state index in [-0.39, 0.29) is 5.91 Å². The quantitative estimate of drug-likeness (QED) is 0.670. The molecule has 0 bridgehead atoms. The van der Waals surface area contributed by atoms with E-state index >= 15 is 0 Å². The van der Waals surface area contributed by atoms with Crippen LogP contribution < -0.4 is 4.74 Å². The van der Waals surface area contributed by atoms with Gasteiger partial charge in [0.15, 0.2) is 11.8 Å². The molecule has 152 valence electrons. The molecule has 2 aromatic heterocycles. The van der Waals surface area contributed by atoms with Crippen molar-refractivity contribution >= 4 is 16.9 Å². The van der Waals surface area contributed by atoms with Crippen molar-refractivity contribution in [1.29, 1.82) is 0 Å². The number of rotatable bonds is 4. The number of ether oxygens (including phenoxy) is 1. The molecule has 0 radical (unpaired) electrons. The second-order valence-electron chi connectivity index (χ2n) is 7.78. The lowest BCUT2D eigenvalue weighted by molar-refractivity contribution is -0.138. The van der Waals surface area contributed by atoms with E-state index in [0.717, 1.165) is 53.8 Å². The Bertz CT molecular complexity index is 1000. The molecule has 1 fully saturated rings. The van der Waals surface area contributed by atoms with Gasteiger partial charge in [-0.05, 0) is 37.8 Å². The molecule has 0 unspecified atom stereocenters. The van der Waals surface area contributed by atoms with Crippen molar-refractivity contribution in [2.45, 2.75) is 45.6 Å². The Morgan fingerprint density at radius 1 is 1.10 bits per heavy atom. The Labute approximate surface area is 171 Å². The maximum atomic E-state index is 12.9. The Balaban J connectivity index is 1.67. The van der Waals surface area contributed by atoms with Crippen LogP contribution in [0.2, 0.25) is 0 Å². The van der Waals surface area contributed by atoms with Gasteiger partial charge in [0.2, 0.25) is 5.88 Å². The van der Waals surface area contributed by atoms with Gasteiger partial charge in [0.25, 0.3) is 5.91 Å². The summed E-state index contributed by atoms with van der Waals surface area (Å²) in [6.45, 7) is 5.43. The third-order valence-electron chi connectivity index (χ3n) is 5.59. The summed E-state index contributed by atoms with van der Waals surface area (Å²) in [5.41, 5.74) is 3.78. The number of pyridine rings is 1. The minimum absolute atomic E-state index is 0.0382. The summed E-state index contributed by atoms with van der Waals surface area (Å²) in [7, 11) is 1.88. The van der Waals surface area contributed by atoms with Gasteiger partial charge in [-0.1, -0.05) is 43.2 Å². The lowest BCUT2D eigenvalue weighted by atomic mass is 10.0. The number of nitrogens with zero attached hydrogens (tertiary/aromatic N) is 4. The monoisotopic (exact) mass is 392 g/mol. The molecule has 3 aromatic rings. The van der Waals surface area contributed by atoms with Gasteiger partial charge in [0, 0.05) is 26.2 Å². The first-order valence-corrected chi connectivity index (χ1v) is 10.4. The molecule has 29 heavy (non-hydrogen) atoms. The molecule has 1 amide bonds. The van der Waals surface area contributed by atoms with Crippen molar-refractivity contribution in [2.24, 2.45) is 7.05 Å². The van der Waals surface area contributed by atoms with Crippen LogP contribution in [0, 0.1) is 6.92 Å². The fourth-order valence-electron chi connectivity index (χ4n) is 4.11. The minimum atomic E-state index is -0.573. The second-order valence-corrected chi connectivity index (χ2v) is 7.78. The first kappa shape index (κ1) is 19.4. The molecule has 6 nitrogen and oxygen atoms in total. The van der Waals surface area contributed by atoms with E-state index in [0.29, 0.717) is 5.88 Å². The number of hydrogen-bond acceptors (Lipinski definition) is 4. The van der Waals surface area contributed by atoms with Gasteiger partial charge >= 0.3 is 0 Å². The number of hydrogen-bond donors (Lipinski definition) is 0. The molecule has 3 heterocycles. The predicted octanol–water partition coefficient (Wildman–Crippen LogP) is 4.11. The lowest BCUT2D eigenvalue weighted by Gasteiger charge is -2.24. The molecular formula is C23H28N4O2. The summed E-state index contributed by atoms with van der Waals surface area (Å²) < 4.78 is 7.83. The average Bonchev–Trinajstić information content (AvgIpc) is 2.92. The zero-order valence-corrected chi connectivity index (χ0v) is 17.4. The molecule has 0 saturated carbocycles. The number of aryl methyl sites for hydroxylation is 2. The number of aromatic nitrogens is 3. The van der Waals surface area contributed by atoms with Crippen LogP contribution in [-0.4, -0.2) is 44.8 Å². The number of amides is 1. The summed E-state index contributed by atoms with van der Waals surface area (Å²) in [5.74, 6) is 0.492. The van der Waals surface area contributed by atoms with Crippen molar-refractivity contribution in [3.05, 3.63) is 42.1 Å². The topological polar surface area (TPSA) is 60.2 Å². The zero-order valence-electron chi connectivity index (χ0n) is 17.4. The Morgan fingerprint density at radius 2 is 1.79 bits per heavy atom. The first-order valence-electron chi connectivity index (χ1n) is 10.4. The lowest BCUT2D eigenvalue weighted by Crippen LogP contribution is -2.41. The normalized spacial score (nSPS) is 15.9. The average molecular weight is 393 g/mol. The third-order valence-corrected chi connectivity index (χ3v) is 5.59. The maximum absolute atomic E-state index is 12.9. The third kappa shape index (κ3) is 3.97. The number of carbonyl (C=O) groups is 1. The molecule has 1 aliphatic rings. The molecule has 1 saturated heterocycles. The summed E-state index contributed by atoms with van der Waals surface area (Å²) in [6, 6.07) is 12.1. The van der Waals surface area contributed by atoms with Gasteiger partial charge in [0.05, 0.1) is 11.1 Å². The van der Waals surface area contributed by atoms with Crippen molar-refractivity contribution in [2.75, 3.05) is 13.1 Å². The highest BCUT2D eigenvalue weighted by molar-refractivity contribution is 5.95. The summed E-state index contributed by atoms with van der Waals surface area (Å²) in [5, 5.41) is 5.55. The summed E-state index contributed by atoms with van der Waals surface area (Å²) >= 11 is 0. The number of benzene rings is 1. The van der Waals surface area contributed by atoms with Crippen LogP contribution in [0.25, 0.3) is 22.2 Å². The van der Waals surface area contributed by atoms with E-state index in [1.165, 1.54) is 12.8 Å². The van der Waals surface area contributed by atoms with E-state index in [1.54, 1.807) is 4.68 Å². The van der Waals surface area contributed by atoms with Crippen LogP contribution in [0.15, 0.2) is 36.4 Å². The smallest absolute Gasteiger partial charge is 0.263 e. The van der Waals surface area contributed by atoms with Gasteiger partial charge in [-0.25, -0.2) is 0 Å².